The van der Waals surface area contributed by atoms with E-state index in [-0.39, 0.29) is 12.1 Å². The summed E-state index contributed by atoms with van der Waals surface area (Å²) in [4.78, 5) is 16.1. The van der Waals surface area contributed by atoms with E-state index in [1.54, 1.807) is 24.3 Å². The molecule has 0 fully saturated rings. The highest BCUT2D eigenvalue weighted by atomic mass is 16.2. The van der Waals surface area contributed by atoms with Crippen molar-refractivity contribution in [3.63, 3.8) is 0 Å². The normalized spacial score (nSPS) is 12.3. The van der Waals surface area contributed by atoms with Gasteiger partial charge in [0.15, 0.2) is 0 Å². The first kappa shape index (κ1) is 15.3. The summed E-state index contributed by atoms with van der Waals surface area (Å²) in [5.41, 5.74) is 7.06. The van der Waals surface area contributed by atoms with Gasteiger partial charge in [-0.1, -0.05) is 0 Å². The van der Waals surface area contributed by atoms with Crippen molar-refractivity contribution >= 4 is 17.4 Å². The first-order valence-corrected chi connectivity index (χ1v) is 6.52. The van der Waals surface area contributed by atoms with Crippen molar-refractivity contribution in [3.8, 4) is 0 Å². The van der Waals surface area contributed by atoms with Crippen LogP contribution in [0.15, 0.2) is 24.3 Å². The Morgan fingerprint density at radius 1 is 1.32 bits per heavy atom. The molecular weight excluding hydrogens is 240 g/mol. The van der Waals surface area contributed by atoms with Gasteiger partial charge in [-0.25, -0.2) is 4.79 Å². The van der Waals surface area contributed by atoms with E-state index >= 15 is 0 Å². The van der Waals surface area contributed by atoms with Crippen molar-refractivity contribution in [2.24, 2.45) is 0 Å². The number of hydrogen-bond donors (Lipinski definition) is 2. The minimum Gasteiger partial charge on any atom is -0.399 e. The smallest absolute Gasteiger partial charge is 0.322 e. The maximum absolute atomic E-state index is 12.2. The van der Waals surface area contributed by atoms with Crippen molar-refractivity contribution in [1.29, 1.82) is 0 Å². The average molecular weight is 264 g/mol. The van der Waals surface area contributed by atoms with E-state index in [1.807, 2.05) is 32.8 Å². The summed E-state index contributed by atoms with van der Waals surface area (Å²) in [7, 11) is 4.00. The van der Waals surface area contributed by atoms with Crippen molar-refractivity contribution in [1.82, 2.24) is 9.80 Å². The summed E-state index contributed by atoms with van der Waals surface area (Å²) in [5, 5.41) is 2.89. The second kappa shape index (κ2) is 6.99. The molecule has 0 aliphatic rings. The quantitative estimate of drug-likeness (QED) is 0.800. The zero-order valence-electron chi connectivity index (χ0n) is 12.2. The number of nitrogens with zero attached hydrogens (tertiary/aromatic N) is 2. The predicted molar refractivity (Wildman–Crippen MR) is 80.3 cm³/mol. The number of nitrogens with two attached hydrogens (primary N) is 1. The van der Waals surface area contributed by atoms with Gasteiger partial charge in [0.05, 0.1) is 0 Å². The molecule has 0 heterocycles. The van der Waals surface area contributed by atoms with E-state index in [1.165, 1.54) is 0 Å². The van der Waals surface area contributed by atoms with E-state index in [4.69, 9.17) is 5.73 Å². The number of likely N-dealkylation sites (N-methyl/N-ethyl adjacent to an activating group) is 2. The molecule has 1 atom stereocenters. The molecule has 5 heteroatoms. The van der Waals surface area contributed by atoms with E-state index in [9.17, 15) is 4.79 Å². The first-order valence-electron chi connectivity index (χ1n) is 6.52. The highest BCUT2D eigenvalue weighted by Gasteiger charge is 2.18. The van der Waals surface area contributed by atoms with Crippen LogP contribution in [0.4, 0.5) is 16.2 Å². The molecule has 106 valence electrons. The Labute approximate surface area is 115 Å². The van der Waals surface area contributed by atoms with Gasteiger partial charge in [0.1, 0.15) is 0 Å². The molecule has 0 radical (unpaired) electrons. The van der Waals surface area contributed by atoms with Crippen LogP contribution >= 0.6 is 0 Å². The number of amides is 2. The molecule has 0 bridgehead atoms. The number of carbonyl (C=O) groups is 1. The maximum atomic E-state index is 12.2. The molecule has 0 saturated heterocycles. The lowest BCUT2D eigenvalue weighted by molar-refractivity contribution is 0.181. The summed E-state index contributed by atoms with van der Waals surface area (Å²) in [6, 6.07) is 7.23. The number of nitrogens with one attached hydrogen (secondary N) is 1. The standard InChI is InChI=1S/C14H24N4O/c1-5-18(11(2)10-17(3)4)14(19)16-13-8-6-12(15)7-9-13/h6-9,11H,5,10,15H2,1-4H3,(H,16,19). The maximum Gasteiger partial charge on any atom is 0.322 e. The van der Waals surface area contributed by atoms with E-state index < -0.39 is 0 Å². The Morgan fingerprint density at radius 2 is 1.89 bits per heavy atom. The number of benzene rings is 1. The van der Waals surface area contributed by atoms with Crippen LogP contribution in [-0.4, -0.2) is 49.1 Å². The summed E-state index contributed by atoms with van der Waals surface area (Å²) in [6.45, 7) is 5.54. The van der Waals surface area contributed by atoms with Gasteiger partial charge in [-0.3, -0.25) is 0 Å². The van der Waals surface area contributed by atoms with Crippen LogP contribution in [0, 0.1) is 0 Å². The van der Waals surface area contributed by atoms with Crippen molar-refractivity contribution in [3.05, 3.63) is 24.3 Å². The largest absolute Gasteiger partial charge is 0.399 e. The van der Waals surface area contributed by atoms with Gasteiger partial charge in [0.25, 0.3) is 0 Å². The molecule has 0 aliphatic carbocycles. The third kappa shape index (κ3) is 4.79. The fourth-order valence-corrected chi connectivity index (χ4v) is 2.04. The molecule has 19 heavy (non-hydrogen) atoms. The lowest BCUT2D eigenvalue weighted by Crippen LogP contribution is -2.45. The molecule has 3 N–H and O–H groups in total. The zero-order chi connectivity index (χ0) is 14.4. The van der Waals surface area contributed by atoms with Crippen LogP contribution < -0.4 is 11.1 Å². The lowest BCUT2D eigenvalue weighted by Gasteiger charge is -2.30. The minimum absolute atomic E-state index is 0.0818. The molecular formula is C14H24N4O. The van der Waals surface area contributed by atoms with Gasteiger partial charge in [-0.2, -0.15) is 0 Å². The number of carbonyl (C=O) groups excluding carboxylic acids is 1. The van der Waals surface area contributed by atoms with Crippen LogP contribution in [0.1, 0.15) is 13.8 Å². The van der Waals surface area contributed by atoms with E-state index in [2.05, 4.69) is 10.2 Å². The van der Waals surface area contributed by atoms with Crippen LogP contribution in [0.25, 0.3) is 0 Å². The molecule has 5 nitrogen and oxygen atoms in total. The second-order valence-electron chi connectivity index (χ2n) is 4.95. The van der Waals surface area contributed by atoms with Crippen LogP contribution in [0.2, 0.25) is 0 Å². The Hall–Kier alpha value is -1.75. The molecule has 1 unspecified atom stereocenters. The van der Waals surface area contributed by atoms with E-state index in [0.29, 0.717) is 12.2 Å². The Bertz CT molecular complexity index is 402. The Morgan fingerprint density at radius 3 is 2.37 bits per heavy atom. The highest BCUT2D eigenvalue weighted by molar-refractivity contribution is 5.89. The summed E-state index contributed by atoms with van der Waals surface area (Å²) < 4.78 is 0. The number of hydrogen-bond acceptors (Lipinski definition) is 3. The first-order chi connectivity index (χ1) is 8.93. The van der Waals surface area contributed by atoms with Gasteiger partial charge in [0, 0.05) is 30.5 Å². The van der Waals surface area contributed by atoms with Gasteiger partial charge in [-0.05, 0) is 52.2 Å². The Kier molecular flexibility index (Phi) is 5.63. The molecule has 0 saturated carbocycles. The topological polar surface area (TPSA) is 61.6 Å². The third-order valence-corrected chi connectivity index (χ3v) is 2.92. The Balaban J connectivity index is 2.65. The van der Waals surface area contributed by atoms with Gasteiger partial charge < -0.3 is 20.9 Å². The third-order valence-electron chi connectivity index (χ3n) is 2.92. The van der Waals surface area contributed by atoms with Crippen LogP contribution in [-0.2, 0) is 0 Å². The fourth-order valence-electron chi connectivity index (χ4n) is 2.04. The number of rotatable bonds is 5. The number of nitrogen functional groups attached to an aromatic ring is 1. The second-order valence-corrected chi connectivity index (χ2v) is 4.95. The van der Waals surface area contributed by atoms with Crippen molar-refractivity contribution < 1.29 is 4.79 Å². The van der Waals surface area contributed by atoms with E-state index in [0.717, 1.165) is 12.2 Å². The van der Waals surface area contributed by atoms with Crippen molar-refractivity contribution in [2.45, 2.75) is 19.9 Å². The average Bonchev–Trinajstić information content (AvgIpc) is 2.32. The summed E-state index contributed by atoms with van der Waals surface area (Å²) in [5.74, 6) is 0. The predicted octanol–water partition coefficient (Wildman–Crippen LogP) is 2.07. The molecule has 1 aromatic rings. The fraction of sp³-hybridized carbons (Fsp3) is 0.500. The SMILES string of the molecule is CCN(C(=O)Nc1ccc(N)cc1)C(C)CN(C)C. The molecule has 0 spiro atoms. The minimum atomic E-state index is -0.0818. The van der Waals surface area contributed by atoms with Crippen LogP contribution in [0.5, 0.6) is 0 Å². The number of urea groups is 1. The van der Waals surface area contributed by atoms with Gasteiger partial charge in [0.2, 0.25) is 0 Å². The summed E-state index contributed by atoms with van der Waals surface area (Å²) >= 11 is 0. The van der Waals surface area contributed by atoms with Crippen molar-refractivity contribution in [2.75, 3.05) is 38.2 Å². The monoisotopic (exact) mass is 264 g/mol. The zero-order valence-corrected chi connectivity index (χ0v) is 12.2. The summed E-state index contributed by atoms with van der Waals surface area (Å²) in [6.07, 6.45) is 0. The number of anilines is 2. The lowest BCUT2D eigenvalue weighted by atomic mass is 10.2. The van der Waals surface area contributed by atoms with Crippen LogP contribution in [0.3, 0.4) is 0 Å². The van der Waals surface area contributed by atoms with Gasteiger partial charge >= 0.3 is 6.03 Å². The van der Waals surface area contributed by atoms with Gasteiger partial charge in [-0.15, -0.1) is 0 Å². The molecule has 2 amide bonds. The molecule has 0 aliphatic heterocycles. The molecule has 0 aromatic heterocycles. The highest BCUT2D eigenvalue weighted by Crippen LogP contribution is 2.12. The molecule has 1 aromatic carbocycles. The molecule has 1 rings (SSSR count).